The normalized spacial score (nSPS) is 38.6. The van der Waals surface area contributed by atoms with E-state index in [1.54, 1.807) is 0 Å². The molecular formula is C8H14O6. The van der Waals surface area contributed by atoms with Gasteiger partial charge < -0.3 is 29.9 Å². The maximum Gasteiger partial charge on any atom is 0.111 e. The Hall–Kier alpha value is -0.240. The van der Waals surface area contributed by atoms with E-state index in [1.165, 1.54) is 0 Å². The summed E-state index contributed by atoms with van der Waals surface area (Å²) in [5.41, 5.74) is 0. The minimum absolute atomic E-state index is 0.376. The Labute approximate surface area is 80.7 Å². The molecule has 6 heteroatoms. The van der Waals surface area contributed by atoms with Gasteiger partial charge >= 0.3 is 0 Å². The van der Waals surface area contributed by atoms with Crippen molar-refractivity contribution in [1.29, 1.82) is 0 Å². The predicted octanol–water partition coefficient (Wildman–Crippen LogP) is -2.77. The van der Waals surface area contributed by atoms with E-state index in [0.29, 0.717) is 13.2 Å². The molecule has 6 atom stereocenters. The summed E-state index contributed by atoms with van der Waals surface area (Å²) >= 11 is 0. The molecule has 0 aromatic heterocycles. The molecule has 0 radical (unpaired) electrons. The molecule has 6 nitrogen and oxygen atoms in total. The highest BCUT2D eigenvalue weighted by Crippen LogP contribution is 2.23. The zero-order chi connectivity index (χ0) is 10.3. The molecule has 0 amide bonds. The van der Waals surface area contributed by atoms with Crippen molar-refractivity contribution >= 4 is 0 Å². The lowest BCUT2D eigenvalue weighted by molar-refractivity contribution is -0.114. The van der Waals surface area contributed by atoms with Crippen LogP contribution >= 0.6 is 0 Å². The highest BCUT2D eigenvalue weighted by molar-refractivity contribution is 4.94. The fraction of sp³-hybridized carbons (Fsp3) is 1.00. The Balaban J connectivity index is 1.84. The molecule has 4 N–H and O–H groups in total. The molecule has 14 heavy (non-hydrogen) atoms. The van der Waals surface area contributed by atoms with Gasteiger partial charge in [-0.3, -0.25) is 0 Å². The van der Waals surface area contributed by atoms with Crippen LogP contribution in [0.1, 0.15) is 0 Å². The largest absolute Gasteiger partial charge is 0.388 e. The van der Waals surface area contributed by atoms with Crippen LogP contribution in [0.15, 0.2) is 0 Å². The van der Waals surface area contributed by atoms with Gasteiger partial charge in [-0.1, -0.05) is 0 Å². The molecule has 0 aromatic carbocycles. The van der Waals surface area contributed by atoms with Crippen LogP contribution < -0.4 is 0 Å². The SMILES string of the molecule is OC(C1CO1)C(O)C(O)C(O)C1CO1. The van der Waals surface area contributed by atoms with Crippen molar-refractivity contribution in [3.8, 4) is 0 Å². The summed E-state index contributed by atoms with van der Waals surface area (Å²) in [4.78, 5) is 0. The smallest absolute Gasteiger partial charge is 0.111 e. The minimum Gasteiger partial charge on any atom is -0.388 e. The predicted molar refractivity (Wildman–Crippen MR) is 43.5 cm³/mol. The maximum absolute atomic E-state index is 9.45. The van der Waals surface area contributed by atoms with Gasteiger partial charge in [-0.2, -0.15) is 0 Å². The van der Waals surface area contributed by atoms with Crippen LogP contribution in [0.5, 0.6) is 0 Å². The molecule has 2 fully saturated rings. The van der Waals surface area contributed by atoms with Crippen molar-refractivity contribution in [1.82, 2.24) is 0 Å². The number of ether oxygens (including phenoxy) is 2. The van der Waals surface area contributed by atoms with Gasteiger partial charge in [0, 0.05) is 0 Å². The number of aliphatic hydroxyl groups excluding tert-OH is 4. The Bertz CT molecular complexity index is 180. The average Bonchev–Trinajstić information content (AvgIpc) is 3.05. The lowest BCUT2D eigenvalue weighted by Gasteiger charge is -2.24. The molecule has 2 aliphatic heterocycles. The van der Waals surface area contributed by atoms with Crippen molar-refractivity contribution in [3.05, 3.63) is 0 Å². The van der Waals surface area contributed by atoms with Crippen LogP contribution in [0.3, 0.4) is 0 Å². The van der Waals surface area contributed by atoms with Gasteiger partial charge in [0.05, 0.1) is 13.2 Å². The van der Waals surface area contributed by atoms with Crippen LogP contribution in [-0.4, -0.2) is 70.3 Å². The number of rotatable bonds is 5. The summed E-state index contributed by atoms with van der Waals surface area (Å²) in [5.74, 6) is 0. The summed E-state index contributed by atoms with van der Waals surface area (Å²) in [6, 6.07) is 0. The monoisotopic (exact) mass is 206 g/mol. The Morgan fingerprint density at radius 3 is 1.29 bits per heavy atom. The van der Waals surface area contributed by atoms with E-state index in [-0.39, 0.29) is 0 Å². The second-order valence-corrected chi connectivity index (χ2v) is 3.71. The van der Waals surface area contributed by atoms with Crippen molar-refractivity contribution in [2.24, 2.45) is 0 Å². The second kappa shape index (κ2) is 3.73. The van der Waals surface area contributed by atoms with Crippen LogP contribution in [0.25, 0.3) is 0 Å². The number of hydrogen-bond donors (Lipinski definition) is 4. The van der Waals surface area contributed by atoms with Gasteiger partial charge in [0.1, 0.15) is 36.6 Å². The van der Waals surface area contributed by atoms with E-state index in [9.17, 15) is 20.4 Å². The fourth-order valence-electron chi connectivity index (χ4n) is 1.35. The zero-order valence-electron chi connectivity index (χ0n) is 7.48. The summed E-state index contributed by atoms with van der Waals surface area (Å²) in [6.45, 7) is 0.752. The van der Waals surface area contributed by atoms with Gasteiger partial charge in [0.25, 0.3) is 0 Å². The molecule has 6 unspecified atom stereocenters. The zero-order valence-corrected chi connectivity index (χ0v) is 7.48. The first-order valence-electron chi connectivity index (χ1n) is 4.56. The van der Waals surface area contributed by atoms with Gasteiger partial charge in [-0.05, 0) is 0 Å². The lowest BCUT2D eigenvalue weighted by atomic mass is 9.99. The Morgan fingerprint density at radius 2 is 1.07 bits per heavy atom. The van der Waals surface area contributed by atoms with E-state index in [2.05, 4.69) is 0 Å². The van der Waals surface area contributed by atoms with E-state index >= 15 is 0 Å². The highest BCUT2D eigenvalue weighted by Gasteiger charge is 2.45. The van der Waals surface area contributed by atoms with E-state index < -0.39 is 36.6 Å². The molecule has 2 aliphatic rings. The highest BCUT2D eigenvalue weighted by atomic mass is 16.6. The average molecular weight is 206 g/mol. The van der Waals surface area contributed by atoms with Crippen molar-refractivity contribution in [2.45, 2.75) is 36.6 Å². The van der Waals surface area contributed by atoms with Crippen LogP contribution in [0.4, 0.5) is 0 Å². The fourth-order valence-corrected chi connectivity index (χ4v) is 1.35. The third-order valence-electron chi connectivity index (χ3n) is 2.53. The molecular weight excluding hydrogens is 192 g/mol. The lowest BCUT2D eigenvalue weighted by Crippen LogP contribution is -2.48. The van der Waals surface area contributed by atoms with Crippen LogP contribution in [0.2, 0.25) is 0 Å². The van der Waals surface area contributed by atoms with Gasteiger partial charge in [-0.15, -0.1) is 0 Å². The third kappa shape index (κ3) is 2.05. The molecule has 2 heterocycles. The molecule has 82 valence electrons. The molecule has 0 aliphatic carbocycles. The van der Waals surface area contributed by atoms with Crippen molar-refractivity contribution < 1.29 is 29.9 Å². The summed E-state index contributed by atoms with van der Waals surface area (Å²) in [7, 11) is 0. The quantitative estimate of drug-likeness (QED) is 0.363. The Kier molecular flexibility index (Phi) is 2.74. The molecule has 2 saturated heterocycles. The molecule has 0 bridgehead atoms. The van der Waals surface area contributed by atoms with E-state index in [0.717, 1.165) is 0 Å². The summed E-state index contributed by atoms with van der Waals surface area (Å²) < 4.78 is 9.53. The number of aliphatic hydroxyl groups is 4. The second-order valence-electron chi connectivity index (χ2n) is 3.71. The molecule has 0 saturated carbocycles. The molecule has 0 aromatic rings. The third-order valence-corrected chi connectivity index (χ3v) is 2.53. The van der Waals surface area contributed by atoms with Gasteiger partial charge in [0.15, 0.2) is 0 Å². The standard InChI is InChI=1S/C8H14O6/c9-5(3-1-13-3)7(11)8(12)6(10)4-2-14-4/h3-12H,1-2H2. The number of hydrogen-bond acceptors (Lipinski definition) is 6. The number of epoxide rings is 2. The molecule has 0 spiro atoms. The van der Waals surface area contributed by atoms with E-state index in [1.807, 2.05) is 0 Å². The first-order valence-corrected chi connectivity index (χ1v) is 4.56. The topological polar surface area (TPSA) is 106 Å². The summed E-state index contributed by atoms with van der Waals surface area (Å²) in [6.07, 6.45) is -5.96. The molecule has 2 rings (SSSR count). The van der Waals surface area contributed by atoms with Crippen LogP contribution in [-0.2, 0) is 9.47 Å². The Morgan fingerprint density at radius 1 is 0.786 bits per heavy atom. The first-order chi connectivity index (χ1) is 6.61. The first kappa shape index (κ1) is 10.3. The van der Waals surface area contributed by atoms with Crippen molar-refractivity contribution in [2.75, 3.05) is 13.2 Å². The van der Waals surface area contributed by atoms with Crippen molar-refractivity contribution in [3.63, 3.8) is 0 Å². The van der Waals surface area contributed by atoms with Gasteiger partial charge in [-0.25, -0.2) is 0 Å². The summed E-state index contributed by atoms with van der Waals surface area (Å²) in [5, 5.41) is 37.7. The minimum atomic E-state index is -1.40. The van der Waals surface area contributed by atoms with Crippen LogP contribution in [0, 0.1) is 0 Å². The van der Waals surface area contributed by atoms with E-state index in [4.69, 9.17) is 9.47 Å². The van der Waals surface area contributed by atoms with Gasteiger partial charge in [0.2, 0.25) is 0 Å². The maximum atomic E-state index is 9.45.